The highest BCUT2D eigenvalue weighted by Crippen LogP contribution is 2.50. The normalized spacial score (nSPS) is 18.9. The van der Waals surface area contributed by atoms with Crippen LogP contribution in [0.1, 0.15) is 85.8 Å². The van der Waals surface area contributed by atoms with Crippen molar-refractivity contribution < 1.29 is 33.4 Å². The van der Waals surface area contributed by atoms with Crippen molar-refractivity contribution in [2.45, 2.75) is 64.6 Å². The predicted molar refractivity (Wildman–Crippen MR) is 152 cm³/mol. The van der Waals surface area contributed by atoms with Crippen molar-refractivity contribution in [2.24, 2.45) is 5.92 Å². The first kappa shape index (κ1) is 28.7. The highest BCUT2D eigenvalue weighted by molar-refractivity contribution is 5.79. The van der Waals surface area contributed by atoms with Gasteiger partial charge in [0.05, 0.1) is 26.2 Å². The van der Waals surface area contributed by atoms with Crippen LogP contribution in [0, 0.1) is 12.8 Å². The van der Waals surface area contributed by atoms with Crippen LogP contribution in [-0.2, 0) is 14.3 Å². The van der Waals surface area contributed by atoms with Gasteiger partial charge in [0.15, 0.2) is 11.5 Å². The van der Waals surface area contributed by atoms with Crippen molar-refractivity contribution in [2.75, 3.05) is 27.3 Å². The summed E-state index contributed by atoms with van der Waals surface area (Å²) in [7, 11) is 3.21. The van der Waals surface area contributed by atoms with E-state index in [0.717, 1.165) is 33.6 Å². The minimum Gasteiger partial charge on any atom is -0.493 e. The highest BCUT2D eigenvalue weighted by atomic mass is 16.5. The van der Waals surface area contributed by atoms with Gasteiger partial charge < -0.3 is 28.7 Å². The number of likely N-dealkylation sites (tertiary alicyclic amines) is 1. The largest absolute Gasteiger partial charge is 0.493 e. The molecule has 1 fully saturated rings. The zero-order valence-electron chi connectivity index (χ0n) is 24.3. The van der Waals surface area contributed by atoms with E-state index < -0.39 is 18.2 Å². The van der Waals surface area contributed by atoms with Gasteiger partial charge in [-0.15, -0.1) is 0 Å². The lowest BCUT2D eigenvalue weighted by atomic mass is 9.89. The Labute approximate surface area is 240 Å². The van der Waals surface area contributed by atoms with Gasteiger partial charge in [-0.05, 0) is 42.9 Å². The van der Waals surface area contributed by atoms with E-state index in [9.17, 15) is 9.59 Å². The second-order valence-electron chi connectivity index (χ2n) is 11.3. The smallest absolute Gasteiger partial charge is 0.303 e. The fourth-order valence-electron chi connectivity index (χ4n) is 6.05. The highest BCUT2D eigenvalue weighted by Gasteiger charge is 2.39. The average Bonchev–Trinajstić information content (AvgIpc) is 3.35. The van der Waals surface area contributed by atoms with Gasteiger partial charge in [-0.1, -0.05) is 54.9 Å². The number of carboxylic acid groups (broad SMARTS) is 1. The second-order valence-corrected chi connectivity index (χ2v) is 11.3. The van der Waals surface area contributed by atoms with Crippen molar-refractivity contribution in [3.63, 3.8) is 0 Å². The van der Waals surface area contributed by atoms with Crippen LogP contribution in [0.25, 0.3) is 11.1 Å². The Morgan fingerprint density at radius 2 is 1.83 bits per heavy atom. The first-order chi connectivity index (χ1) is 19.7. The number of carbonyl (C=O) groups is 2. The number of benzene rings is 2. The Morgan fingerprint density at radius 1 is 1.07 bits per heavy atom. The molecule has 0 saturated carbocycles. The molecule has 218 valence electrons. The third-order valence-electron chi connectivity index (χ3n) is 8.14. The van der Waals surface area contributed by atoms with E-state index in [1.54, 1.807) is 14.2 Å². The molecular weight excluding hydrogens is 524 g/mol. The lowest BCUT2D eigenvalue weighted by Crippen LogP contribution is -2.39. The predicted octanol–water partition coefficient (Wildman–Crippen LogP) is 6.05. The summed E-state index contributed by atoms with van der Waals surface area (Å²) in [6.45, 7) is 7.21. The molecule has 1 aromatic heterocycles. The summed E-state index contributed by atoms with van der Waals surface area (Å²) in [6.07, 6.45) is 0.309. The maximum absolute atomic E-state index is 13.7. The van der Waals surface area contributed by atoms with Crippen LogP contribution in [-0.4, -0.2) is 54.3 Å². The number of nitrogens with zero attached hydrogens (tertiary/aromatic N) is 2. The summed E-state index contributed by atoms with van der Waals surface area (Å²) < 4.78 is 24.2. The lowest BCUT2D eigenvalue weighted by molar-refractivity contribution is -0.139. The molecule has 0 spiro atoms. The van der Waals surface area contributed by atoms with Gasteiger partial charge in [-0.2, -0.15) is 0 Å². The van der Waals surface area contributed by atoms with Crippen LogP contribution in [0.3, 0.4) is 0 Å². The standard InChI is InChI=1S/C32H38N2O7/c1-18(2)30-28-21-10-9-19(3)15-23(21)31(22-7-6-8-24(38-4)32(22)39-5)40-25(29(28)33-41-30)17-26(35)34-13-11-20(12-14-34)16-27(36)37/h6-10,15,18,20,25,31H,11-14,16-17H2,1-5H3,(H,36,37). The molecule has 1 N–H and O–H groups in total. The zero-order chi connectivity index (χ0) is 29.3. The van der Waals surface area contributed by atoms with E-state index in [0.29, 0.717) is 43.1 Å². The molecule has 2 unspecified atom stereocenters. The minimum atomic E-state index is -0.796. The van der Waals surface area contributed by atoms with Gasteiger partial charge in [-0.3, -0.25) is 9.59 Å². The van der Waals surface area contributed by atoms with E-state index in [4.69, 9.17) is 23.8 Å². The second kappa shape index (κ2) is 11.9. The number of aliphatic carboxylic acids is 1. The monoisotopic (exact) mass is 562 g/mol. The third-order valence-corrected chi connectivity index (χ3v) is 8.14. The topological polar surface area (TPSA) is 111 Å². The van der Waals surface area contributed by atoms with Gasteiger partial charge >= 0.3 is 5.97 Å². The maximum Gasteiger partial charge on any atom is 0.303 e. The fourth-order valence-corrected chi connectivity index (χ4v) is 6.05. The number of methoxy groups -OCH3 is 2. The first-order valence-corrected chi connectivity index (χ1v) is 14.2. The summed E-state index contributed by atoms with van der Waals surface area (Å²) >= 11 is 0. The van der Waals surface area contributed by atoms with Crippen LogP contribution in [0.2, 0.25) is 0 Å². The van der Waals surface area contributed by atoms with Crippen LogP contribution >= 0.6 is 0 Å². The van der Waals surface area contributed by atoms with Crippen LogP contribution in [0.4, 0.5) is 0 Å². The fraction of sp³-hybridized carbons (Fsp3) is 0.469. The van der Waals surface area contributed by atoms with Crippen LogP contribution < -0.4 is 9.47 Å². The quantitative estimate of drug-likeness (QED) is 0.353. The molecule has 0 bridgehead atoms. The molecule has 2 aromatic carbocycles. The van der Waals surface area contributed by atoms with Crippen LogP contribution in [0.15, 0.2) is 40.9 Å². The number of aromatic nitrogens is 1. The lowest BCUT2D eigenvalue weighted by Gasteiger charge is -2.32. The number of aryl methyl sites for hydroxylation is 1. The van der Waals surface area contributed by atoms with Crippen LogP contribution in [0.5, 0.6) is 11.5 Å². The molecule has 2 aliphatic heterocycles. The van der Waals surface area contributed by atoms with E-state index in [1.165, 1.54) is 0 Å². The number of rotatable bonds is 8. The SMILES string of the molecule is COc1cccc(C2OC(CC(=O)N3CCC(CC(=O)O)CC3)c3noc(C(C)C)c3-c3ccc(C)cc32)c1OC. The number of hydrogen-bond acceptors (Lipinski definition) is 7. The van der Waals surface area contributed by atoms with Crippen molar-refractivity contribution in [1.29, 1.82) is 0 Å². The molecule has 2 atom stereocenters. The van der Waals surface area contributed by atoms with Gasteiger partial charge in [0.1, 0.15) is 23.7 Å². The van der Waals surface area contributed by atoms with E-state index in [2.05, 4.69) is 37.2 Å². The number of ether oxygens (including phenoxy) is 3. The molecule has 0 aliphatic carbocycles. The van der Waals surface area contributed by atoms with Gasteiger partial charge in [0.2, 0.25) is 5.91 Å². The Morgan fingerprint density at radius 3 is 2.49 bits per heavy atom. The summed E-state index contributed by atoms with van der Waals surface area (Å²) in [5.74, 6) is 1.21. The number of hydrogen-bond donors (Lipinski definition) is 1. The molecule has 2 aliphatic rings. The van der Waals surface area contributed by atoms with Crippen molar-refractivity contribution in [3.05, 3.63) is 64.5 Å². The number of amides is 1. The van der Waals surface area contributed by atoms with Crippen molar-refractivity contribution in [1.82, 2.24) is 10.1 Å². The van der Waals surface area contributed by atoms with E-state index in [1.807, 2.05) is 30.0 Å². The molecule has 3 heterocycles. The van der Waals surface area contributed by atoms with Gasteiger partial charge in [0, 0.05) is 31.0 Å². The molecule has 9 heteroatoms. The molecule has 5 rings (SSSR count). The molecule has 9 nitrogen and oxygen atoms in total. The average molecular weight is 563 g/mol. The zero-order valence-corrected chi connectivity index (χ0v) is 24.3. The van der Waals surface area contributed by atoms with E-state index >= 15 is 0 Å². The molecule has 3 aromatic rings. The Bertz CT molecular complexity index is 1420. The molecule has 1 saturated heterocycles. The Hall–Kier alpha value is -3.85. The minimum absolute atomic E-state index is 0.0534. The molecule has 1 amide bonds. The van der Waals surface area contributed by atoms with Crippen molar-refractivity contribution >= 4 is 11.9 Å². The number of piperidine rings is 1. The first-order valence-electron chi connectivity index (χ1n) is 14.2. The third kappa shape index (κ3) is 5.68. The Balaban J connectivity index is 1.57. The molecular formula is C32H38N2O7. The Kier molecular flexibility index (Phi) is 8.35. The maximum atomic E-state index is 13.7. The molecule has 0 radical (unpaired) electrons. The number of carbonyl (C=O) groups excluding carboxylic acids is 1. The number of fused-ring (bicyclic) bond motifs is 3. The van der Waals surface area contributed by atoms with Gasteiger partial charge in [-0.25, -0.2) is 0 Å². The molecule has 41 heavy (non-hydrogen) atoms. The van der Waals surface area contributed by atoms with Crippen molar-refractivity contribution in [3.8, 4) is 22.6 Å². The van der Waals surface area contributed by atoms with E-state index in [-0.39, 0.29) is 30.6 Å². The number of carboxylic acids is 1. The summed E-state index contributed by atoms with van der Waals surface area (Å²) in [4.78, 5) is 26.7. The number of para-hydroxylation sites is 1. The van der Waals surface area contributed by atoms with Gasteiger partial charge in [0.25, 0.3) is 0 Å². The summed E-state index contributed by atoms with van der Waals surface area (Å²) in [5.41, 5.74) is 5.23. The summed E-state index contributed by atoms with van der Waals surface area (Å²) in [6, 6.07) is 12.0. The summed E-state index contributed by atoms with van der Waals surface area (Å²) in [5, 5.41) is 13.7.